The number of hydrogen-bond acceptors (Lipinski definition) is 4. The standard InChI is InChI=1S/C8H19NO3.ClH/c1-4-10-8(7-9,11-5-2)12-6-3;/h4-7,9H2,1-3H3;1H. The average molecular weight is 214 g/mol. The highest BCUT2D eigenvalue weighted by Gasteiger charge is 2.30. The predicted octanol–water partition coefficient (Wildman–Crippen LogP) is 1.13. The van der Waals surface area contributed by atoms with E-state index >= 15 is 0 Å². The van der Waals surface area contributed by atoms with Crippen LogP contribution in [-0.4, -0.2) is 32.3 Å². The maximum atomic E-state index is 5.49. The van der Waals surface area contributed by atoms with Crippen molar-refractivity contribution in [2.45, 2.75) is 26.7 Å². The maximum Gasteiger partial charge on any atom is 0.295 e. The lowest BCUT2D eigenvalue weighted by molar-refractivity contribution is -0.370. The van der Waals surface area contributed by atoms with E-state index in [9.17, 15) is 0 Å². The van der Waals surface area contributed by atoms with Crippen molar-refractivity contribution in [3.05, 3.63) is 0 Å². The molecule has 0 rings (SSSR count). The molecule has 0 aliphatic rings. The van der Waals surface area contributed by atoms with E-state index in [-0.39, 0.29) is 19.0 Å². The van der Waals surface area contributed by atoms with Crippen LogP contribution in [0.3, 0.4) is 0 Å². The van der Waals surface area contributed by atoms with Crippen LogP contribution in [0.25, 0.3) is 0 Å². The molecular weight excluding hydrogens is 194 g/mol. The fourth-order valence-corrected chi connectivity index (χ4v) is 0.962. The second-order valence-corrected chi connectivity index (χ2v) is 2.19. The Morgan fingerprint density at radius 1 is 0.923 bits per heavy atom. The molecule has 0 radical (unpaired) electrons. The first kappa shape index (κ1) is 15.6. The summed E-state index contributed by atoms with van der Waals surface area (Å²) < 4.78 is 15.9. The molecule has 0 aromatic rings. The van der Waals surface area contributed by atoms with Gasteiger partial charge in [0.2, 0.25) is 0 Å². The monoisotopic (exact) mass is 213 g/mol. The van der Waals surface area contributed by atoms with E-state index in [2.05, 4.69) is 0 Å². The number of nitrogens with two attached hydrogens (primary N) is 1. The Bertz CT molecular complexity index is 96.5. The van der Waals surface area contributed by atoms with Gasteiger partial charge in [-0.1, -0.05) is 0 Å². The van der Waals surface area contributed by atoms with Crippen LogP contribution < -0.4 is 5.73 Å². The van der Waals surface area contributed by atoms with Gasteiger partial charge < -0.3 is 19.9 Å². The number of rotatable bonds is 7. The minimum atomic E-state index is -1.03. The molecule has 0 saturated heterocycles. The molecule has 82 valence electrons. The lowest BCUT2D eigenvalue weighted by Crippen LogP contribution is -2.46. The third-order valence-corrected chi connectivity index (χ3v) is 1.34. The lowest BCUT2D eigenvalue weighted by atomic mass is 10.5. The van der Waals surface area contributed by atoms with Crippen LogP contribution in [0.5, 0.6) is 0 Å². The van der Waals surface area contributed by atoms with Gasteiger partial charge in [0.15, 0.2) is 0 Å². The Kier molecular flexibility index (Phi) is 10.5. The molecule has 4 nitrogen and oxygen atoms in total. The summed E-state index contributed by atoms with van der Waals surface area (Å²) in [5.74, 6) is -1.03. The van der Waals surface area contributed by atoms with Crippen LogP contribution in [0.4, 0.5) is 0 Å². The minimum absolute atomic E-state index is 0. The van der Waals surface area contributed by atoms with Crippen molar-refractivity contribution in [1.29, 1.82) is 0 Å². The molecule has 5 heteroatoms. The predicted molar refractivity (Wildman–Crippen MR) is 53.9 cm³/mol. The SMILES string of the molecule is CCOC(CN)(OCC)OCC.Cl. The molecule has 0 aromatic heterocycles. The highest BCUT2D eigenvalue weighted by Crippen LogP contribution is 2.13. The molecule has 0 aromatic carbocycles. The first-order valence-electron chi connectivity index (χ1n) is 4.36. The van der Waals surface area contributed by atoms with Crippen LogP contribution in [0, 0.1) is 0 Å². The third-order valence-electron chi connectivity index (χ3n) is 1.34. The van der Waals surface area contributed by atoms with Crippen molar-refractivity contribution in [3.63, 3.8) is 0 Å². The van der Waals surface area contributed by atoms with E-state index in [0.717, 1.165) is 0 Å². The molecule has 0 fully saturated rings. The van der Waals surface area contributed by atoms with Gasteiger partial charge in [0, 0.05) is 19.8 Å². The number of halogens is 1. The molecular formula is C8H20ClNO3. The second kappa shape index (κ2) is 8.72. The Morgan fingerprint density at radius 2 is 1.23 bits per heavy atom. The van der Waals surface area contributed by atoms with Crippen molar-refractivity contribution in [2.24, 2.45) is 5.73 Å². The molecule has 0 bridgehead atoms. The summed E-state index contributed by atoms with van der Waals surface area (Å²) in [7, 11) is 0. The molecule has 0 heterocycles. The van der Waals surface area contributed by atoms with E-state index in [1.165, 1.54) is 0 Å². The zero-order valence-corrected chi connectivity index (χ0v) is 9.36. The third kappa shape index (κ3) is 5.44. The second-order valence-electron chi connectivity index (χ2n) is 2.19. The Labute approximate surface area is 86.1 Å². The van der Waals surface area contributed by atoms with Gasteiger partial charge in [-0.25, -0.2) is 0 Å². The summed E-state index contributed by atoms with van der Waals surface area (Å²) >= 11 is 0. The molecule has 0 aliphatic heterocycles. The van der Waals surface area contributed by atoms with E-state index in [4.69, 9.17) is 19.9 Å². The molecule has 0 spiro atoms. The smallest absolute Gasteiger partial charge is 0.295 e. The Balaban J connectivity index is 0. The zero-order valence-electron chi connectivity index (χ0n) is 8.54. The molecule has 0 amide bonds. The van der Waals surface area contributed by atoms with Crippen molar-refractivity contribution in [3.8, 4) is 0 Å². The summed E-state index contributed by atoms with van der Waals surface area (Å²) in [6.45, 7) is 7.42. The van der Waals surface area contributed by atoms with Gasteiger partial charge in [-0.15, -0.1) is 12.4 Å². The Morgan fingerprint density at radius 3 is 1.38 bits per heavy atom. The van der Waals surface area contributed by atoms with Crippen LogP contribution in [-0.2, 0) is 14.2 Å². The topological polar surface area (TPSA) is 53.7 Å². The molecule has 13 heavy (non-hydrogen) atoms. The average Bonchev–Trinajstić information content (AvgIpc) is 2.06. The van der Waals surface area contributed by atoms with Crippen molar-refractivity contribution in [1.82, 2.24) is 0 Å². The quantitative estimate of drug-likeness (QED) is 0.645. The van der Waals surface area contributed by atoms with Crippen molar-refractivity contribution < 1.29 is 14.2 Å². The summed E-state index contributed by atoms with van der Waals surface area (Å²) in [6, 6.07) is 0. The Hall–Kier alpha value is 0.130. The highest BCUT2D eigenvalue weighted by atomic mass is 35.5. The summed E-state index contributed by atoms with van der Waals surface area (Å²) in [4.78, 5) is 0. The minimum Gasteiger partial charge on any atom is -0.327 e. The van der Waals surface area contributed by atoms with Crippen molar-refractivity contribution in [2.75, 3.05) is 26.4 Å². The van der Waals surface area contributed by atoms with E-state index in [0.29, 0.717) is 19.8 Å². The summed E-state index contributed by atoms with van der Waals surface area (Å²) in [5, 5.41) is 0. The molecule has 0 aliphatic carbocycles. The van der Waals surface area contributed by atoms with E-state index < -0.39 is 5.97 Å². The molecule has 0 unspecified atom stereocenters. The fraction of sp³-hybridized carbons (Fsp3) is 1.00. The van der Waals surface area contributed by atoms with Crippen LogP contribution in [0.1, 0.15) is 20.8 Å². The van der Waals surface area contributed by atoms with Crippen LogP contribution in [0.15, 0.2) is 0 Å². The first-order valence-corrected chi connectivity index (χ1v) is 4.36. The number of ether oxygens (including phenoxy) is 3. The van der Waals surface area contributed by atoms with Gasteiger partial charge in [0.25, 0.3) is 5.97 Å². The van der Waals surface area contributed by atoms with Gasteiger partial charge in [-0.05, 0) is 20.8 Å². The van der Waals surface area contributed by atoms with E-state index in [1.807, 2.05) is 20.8 Å². The van der Waals surface area contributed by atoms with Gasteiger partial charge in [-0.3, -0.25) is 0 Å². The van der Waals surface area contributed by atoms with Crippen LogP contribution in [0.2, 0.25) is 0 Å². The largest absolute Gasteiger partial charge is 0.327 e. The summed E-state index contributed by atoms with van der Waals surface area (Å²) in [5.41, 5.74) is 5.49. The van der Waals surface area contributed by atoms with Gasteiger partial charge in [0.05, 0.1) is 6.54 Å². The lowest BCUT2D eigenvalue weighted by Gasteiger charge is -2.30. The van der Waals surface area contributed by atoms with Gasteiger partial charge in [-0.2, -0.15) is 0 Å². The maximum absolute atomic E-state index is 5.49. The fourth-order valence-electron chi connectivity index (χ4n) is 0.962. The van der Waals surface area contributed by atoms with Crippen molar-refractivity contribution >= 4 is 12.4 Å². The zero-order chi connectivity index (χ0) is 9.45. The van der Waals surface area contributed by atoms with Gasteiger partial charge in [0.1, 0.15) is 0 Å². The van der Waals surface area contributed by atoms with Gasteiger partial charge >= 0.3 is 0 Å². The van der Waals surface area contributed by atoms with E-state index in [1.54, 1.807) is 0 Å². The van der Waals surface area contributed by atoms with Crippen LogP contribution >= 0.6 is 12.4 Å². The molecule has 2 N–H and O–H groups in total. The molecule has 0 saturated carbocycles. The summed E-state index contributed by atoms with van der Waals surface area (Å²) in [6.07, 6.45) is 0. The molecule has 0 atom stereocenters. The normalized spacial score (nSPS) is 11.1. The first-order chi connectivity index (χ1) is 5.74. The highest BCUT2D eigenvalue weighted by molar-refractivity contribution is 5.85. The number of hydrogen-bond donors (Lipinski definition) is 1.